The van der Waals surface area contributed by atoms with Gasteiger partial charge in [0.1, 0.15) is 5.75 Å². The van der Waals surface area contributed by atoms with Crippen LogP contribution in [0, 0.1) is 0 Å². The maximum atomic E-state index is 13.2. The fourth-order valence-electron chi connectivity index (χ4n) is 3.35. The Morgan fingerprint density at radius 1 is 1.23 bits per heavy atom. The summed E-state index contributed by atoms with van der Waals surface area (Å²) in [6.07, 6.45) is 0.771. The normalized spacial score (nSPS) is 14.8. The fraction of sp³-hybridized carbons (Fsp3) is 0.261. The number of hydrogen-bond acceptors (Lipinski definition) is 6. The molecular weight excluding hydrogens is 430 g/mol. The second-order valence-corrected chi connectivity index (χ2v) is 9.64. The minimum absolute atomic E-state index is 0.0266. The average molecular weight is 454 g/mol. The lowest BCUT2D eigenvalue weighted by atomic mass is 10.2. The van der Waals surface area contributed by atoms with Crippen LogP contribution in [0.15, 0.2) is 69.4 Å². The molecule has 2 aromatic carbocycles. The van der Waals surface area contributed by atoms with Crippen LogP contribution < -0.4 is 15.6 Å². The highest BCUT2D eigenvalue weighted by molar-refractivity contribution is 8.00. The van der Waals surface area contributed by atoms with Crippen LogP contribution in [-0.4, -0.2) is 33.6 Å². The first kappa shape index (κ1) is 21.5. The van der Waals surface area contributed by atoms with Gasteiger partial charge in [-0.3, -0.25) is 14.2 Å². The summed E-state index contributed by atoms with van der Waals surface area (Å²) in [5.41, 5.74) is 2.53. The summed E-state index contributed by atoms with van der Waals surface area (Å²) >= 11 is 2.87. The maximum absolute atomic E-state index is 13.2. The van der Waals surface area contributed by atoms with Gasteiger partial charge in [-0.25, -0.2) is 4.98 Å². The van der Waals surface area contributed by atoms with E-state index in [-0.39, 0.29) is 17.2 Å². The van der Waals surface area contributed by atoms with Crippen LogP contribution in [0.3, 0.4) is 0 Å². The summed E-state index contributed by atoms with van der Waals surface area (Å²) in [5, 5.41) is 3.78. The van der Waals surface area contributed by atoms with Gasteiger partial charge in [-0.15, -0.1) is 11.8 Å². The van der Waals surface area contributed by atoms with E-state index in [1.54, 1.807) is 47.7 Å². The van der Waals surface area contributed by atoms with Crippen molar-refractivity contribution in [3.05, 3.63) is 76.2 Å². The molecule has 2 heterocycles. The second kappa shape index (κ2) is 9.62. The number of nitrogens with zero attached hydrogens (tertiary/aromatic N) is 2. The van der Waals surface area contributed by atoms with Crippen molar-refractivity contribution in [1.82, 2.24) is 9.55 Å². The maximum Gasteiger partial charge on any atom is 0.268 e. The highest BCUT2D eigenvalue weighted by Crippen LogP contribution is 2.34. The molecule has 0 fully saturated rings. The van der Waals surface area contributed by atoms with Crippen molar-refractivity contribution in [2.45, 2.75) is 35.2 Å². The van der Waals surface area contributed by atoms with Crippen LogP contribution in [0.25, 0.3) is 0 Å². The van der Waals surface area contributed by atoms with E-state index >= 15 is 0 Å². The number of ether oxygens (including phenoxy) is 1. The molecule has 0 radical (unpaired) electrons. The van der Waals surface area contributed by atoms with Gasteiger partial charge < -0.3 is 10.1 Å². The van der Waals surface area contributed by atoms with Crippen molar-refractivity contribution in [2.75, 3.05) is 18.2 Å². The number of thioether (sulfide) groups is 2. The molecule has 3 aromatic rings. The van der Waals surface area contributed by atoms with E-state index in [0.717, 1.165) is 28.3 Å². The first-order valence-corrected chi connectivity index (χ1v) is 11.8. The Morgan fingerprint density at radius 3 is 2.68 bits per heavy atom. The van der Waals surface area contributed by atoms with Crippen molar-refractivity contribution in [1.29, 1.82) is 0 Å². The van der Waals surface area contributed by atoms with E-state index in [1.807, 2.05) is 30.3 Å². The van der Waals surface area contributed by atoms with Crippen LogP contribution in [0.5, 0.6) is 5.75 Å². The zero-order chi connectivity index (χ0) is 21.8. The molecule has 160 valence electrons. The van der Waals surface area contributed by atoms with E-state index in [4.69, 9.17) is 9.72 Å². The highest BCUT2D eigenvalue weighted by atomic mass is 32.2. The zero-order valence-electron chi connectivity index (χ0n) is 17.3. The first-order chi connectivity index (χ1) is 15.0. The lowest BCUT2D eigenvalue weighted by Gasteiger charge is -2.14. The zero-order valence-corrected chi connectivity index (χ0v) is 19.0. The number of nitrogens with one attached hydrogen (secondary N) is 1. The first-order valence-electron chi connectivity index (χ1n) is 9.94. The average Bonchev–Trinajstić information content (AvgIpc) is 3.16. The number of methoxy groups -OCH3 is 1. The number of rotatable bonds is 7. The SMILES string of the molecule is COc1ccc(NC(=O)CSc2nc3c(c(=O)n2Cc2ccccc2)S[C@@H](C)C3)cc1. The molecule has 0 spiro atoms. The third-order valence-corrected chi connectivity index (χ3v) is 7.04. The van der Waals surface area contributed by atoms with E-state index < -0.39 is 0 Å². The van der Waals surface area contributed by atoms with E-state index in [1.165, 1.54) is 11.8 Å². The van der Waals surface area contributed by atoms with Gasteiger partial charge in [0, 0.05) is 17.4 Å². The molecule has 1 atom stereocenters. The molecular formula is C23H23N3O3S2. The number of aromatic nitrogens is 2. The standard InChI is InChI=1S/C23H23N3O3S2/c1-15-12-19-21(31-15)22(28)26(13-16-6-4-3-5-7-16)23(25-19)30-14-20(27)24-17-8-10-18(29-2)11-9-17/h3-11,15H,12-14H2,1-2H3,(H,24,27)/t15-/m0/s1. The molecule has 0 bridgehead atoms. The minimum atomic E-state index is -0.154. The third-order valence-electron chi connectivity index (χ3n) is 4.85. The number of carbonyl (C=O) groups excluding carboxylic acids is 1. The Balaban J connectivity index is 1.53. The molecule has 0 aliphatic carbocycles. The van der Waals surface area contributed by atoms with Gasteiger partial charge in [0.25, 0.3) is 5.56 Å². The van der Waals surface area contributed by atoms with Gasteiger partial charge >= 0.3 is 0 Å². The molecule has 1 aliphatic heterocycles. The summed E-state index contributed by atoms with van der Waals surface area (Å²) in [6, 6.07) is 17.0. The minimum Gasteiger partial charge on any atom is -0.497 e. The topological polar surface area (TPSA) is 73.2 Å². The van der Waals surface area contributed by atoms with Crippen LogP contribution in [0.2, 0.25) is 0 Å². The largest absolute Gasteiger partial charge is 0.497 e. The number of anilines is 1. The number of fused-ring (bicyclic) bond motifs is 1. The number of hydrogen-bond donors (Lipinski definition) is 1. The monoisotopic (exact) mass is 453 g/mol. The fourth-order valence-corrected chi connectivity index (χ4v) is 5.28. The van der Waals surface area contributed by atoms with Gasteiger partial charge in [-0.05, 0) is 29.8 Å². The molecule has 1 amide bonds. The van der Waals surface area contributed by atoms with Gasteiger partial charge in [0.2, 0.25) is 5.91 Å². The van der Waals surface area contributed by atoms with Gasteiger partial charge in [-0.2, -0.15) is 0 Å². The second-order valence-electron chi connectivity index (χ2n) is 7.25. The Morgan fingerprint density at radius 2 is 1.97 bits per heavy atom. The highest BCUT2D eigenvalue weighted by Gasteiger charge is 2.26. The molecule has 6 nitrogen and oxygen atoms in total. The van der Waals surface area contributed by atoms with Crippen molar-refractivity contribution in [3.8, 4) is 5.75 Å². The molecule has 0 unspecified atom stereocenters. The van der Waals surface area contributed by atoms with Gasteiger partial charge in [0.15, 0.2) is 5.16 Å². The molecule has 1 aromatic heterocycles. The summed E-state index contributed by atoms with van der Waals surface area (Å²) < 4.78 is 6.82. The summed E-state index contributed by atoms with van der Waals surface area (Å²) in [7, 11) is 1.60. The number of carbonyl (C=O) groups is 1. The predicted octanol–water partition coefficient (Wildman–Crippen LogP) is 4.07. The molecule has 0 saturated carbocycles. The molecule has 8 heteroatoms. The van der Waals surface area contributed by atoms with Crippen molar-refractivity contribution in [3.63, 3.8) is 0 Å². The lowest BCUT2D eigenvalue weighted by Crippen LogP contribution is -2.26. The molecule has 1 N–H and O–H groups in total. The third kappa shape index (κ3) is 5.14. The Labute approximate surface area is 189 Å². The van der Waals surface area contributed by atoms with Crippen molar-refractivity contribution < 1.29 is 9.53 Å². The Hall–Kier alpha value is -2.71. The van der Waals surface area contributed by atoms with Crippen LogP contribution in [-0.2, 0) is 17.8 Å². The van der Waals surface area contributed by atoms with Crippen molar-refractivity contribution in [2.24, 2.45) is 0 Å². The smallest absolute Gasteiger partial charge is 0.268 e. The van der Waals surface area contributed by atoms with Gasteiger partial charge in [0.05, 0.1) is 30.0 Å². The van der Waals surface area contributed by atoms with E-state index in [9.17, 15) is 9.59 Å². The molecule has 31 heavy (non-hydrogen) atoms. The summed E-state index contributed by atoms with van der Waals surface area (Å²) in [4.78, 5) is 31.2. The number of amides is 1. The molecule has 1 aliphatic rings. The van der Waals surface area contributed by atoms with E-state index in [2.05, 4.69) is 12.2 Å². The van der Waals surface area contributed by atoms with Crippen LogP contribution in [0.4, 0.5) is 5.69 Å². The quantitative estimate of drug-likeness (QED) is 0.430. The Bertz CT molecular complexity index is 1130. The lowest BCUT2D eigenvalue weighted by molar-refractivity contribution is -0.113. The molecule has 0 saturated heterocycles. The van der Waals surface area contributed by atoms with E-state index in [0.29, 0.717) is 22.6 Å². The van der Waals surface area contributed by atoms with Gasteiger partial charge in [-0.1, -0.05) is 49.0 Å². The summed E-state index contributed by atoms with van der Waals surface area (Å²) in [5.74, 6) is 0.736. The van der Waals surface area contributed by atoms with Crippen LogP contribution in [0.1, 0.15) is 18.2 Å². The summed E-state index contributed by atoms with van der Waals surface area (Å²) in [6.45, 7) is 2.53. The van der Waals surface area contributed by atoms with Crippen LogP contribution >= 0.6 is 23.5 Å². The predicted molar refractivity (Wildman–Crippen MR) is 125 cm³/mol. The number of benzene rings is 2. The Kier molecular flexibility index (Phi) is 6.67. The molecule has 4 rings (SSSR count). The van der Waals surface area contributed by atoms with Crippen molar-refractivity contribution >= 4 is 35.1 Å².